The minimum Gasteiger partial charge on any atom is -0.349 e. The Morgan fingerprint density at radius 2 is 1.84 bits per heavy atom. The lowest BCUT2D eigenvalue weighted by Gasteiger charge is -2.24. The van der Waals surface area contributed by atoms with Crippen molar-refractivity contribution in [2.75, 3.05) is 34.7 Å². The minimum atomic E-state index is 0.326. The fraction of sp³-hybridized carbons (Fsp3) is 0.429. The van der Waals surface area contributed by atoms with Crippen LogP contribution in [0.1, 0.15) is 5.56 Å². The second kappa shape index (κ2) is 7.41. The van der Waals surface area contributed by atoms with Gasteiger partial charge in [-0.2, -0.15) is 0 Å². The average Bonchev–Trinajstić information content (AvgIpc) is 2.42. The first-order valence-electron chi connectivity index (χ1n) is 6.29. The monoisotopic (exact) mass is 261 g/mol. The molecule has 0 aliphatic carbocycles. The highest BCUT2D eigenvalue weighted by atomic mass is 15.3. The van der Waals surface area contributed by atoms with Gasteiger partial charge in [-0.1, -0.05) is 30.3 Å². The van der Waals surface area contributed by atoms with Gasteiger partial charge in [0.25, 0.3) is 0 Å². The Morgan fingerprint density at radius 1 is 1.21 bits per heavy atom. The van der Waals surface area contributed by atoms with Crippen LogP contribution in [0.4, 0.5) is 0 Å². The molecule has 0 fully saturated rings. The summed E-state index contributed by atoms with van der Waals surface area (Å²) in [6.45, 7) is 0.852. The molecule has 5 heteroatoms. The summed E-state index contributed by atoms with van der Waals surface area (Å²) >= 11 is 0. The van der Waals surface area contributed by atoms with Gasteiger partial charge in [-0.05, 0) is 12.0 Å². The molecule has 0 saturated carbocycles. The van der Waals surface area contributed by atoms with E-state index in [0.717, 1.165) is 13.0 Å². The number of nitrogens with zero attached hydrogens (tertiary/aromatic N) is 3. The van der Waals surface area contributed by atoms with E-state index in [4.69, 9.17) is 5.41 Å². The second-order valence-electron chi connectivity index (χ2n) is 4.57. The molecule has 0 unspecified atom stereocenters. The normalized spacial score (nSPS) is 11.1. The van der Waals surface area contributed by atoms with Crippen LogP contribution in [0.2, 0.25) is 0 Å². The van der Waals surface area contributed by atoms with Crippen LogP contribution in [0.5, 0.6) is 0 Å². The molecule has 0 aliphatic rings. The van der Waals surface area contributed by atoms with E-state index < -0.39 is 0 Å². The summed E-state index contributed by atoms with van der Waals surface area (Å²) in [7, 11) is 7.35. The van der Waals surface area contributed by atoms with Gasteiger partial charge in [0.2, 0.25) is 0 Å². The molecule has 1 rings (SSSR count). The third kappa shape index (κ3) is 4.99. The van der Waals surface area contributed by atoms with Crippen molar-refractivity contribution >= 4 is 11.9 Å². The van der Waals surface area contributed by atoms with Crippen LogP contribution in [-0.2, 0) is 6.42 Å². The smallest absolute Gasteiger partial charge is 0.200 e. The van der Waals surface area contributed by atoms with Crippen LogP contribution >= 0.6 is 0 Å². The minimum absolute atomic E-state index is 0.326. The summed E-state index contributed by atoms with van der Waals surface area (Å²) in [5.41, 5.74) is 1.30. The summed E-state index contributed by atoms with van der Waals surface area (Å²) in [4.78, 5) is 7.91. The molecular weight excluding hydrogens is 238 g/mol. The first-order valence-corrected chi connectivity index (χ1v) is 6.29. The lowest BCUT2D eigenvalue weighted by atomic mass is 10.1. The van der Waals surface area contributed by atoms with Crippen LogP contribution in [0, 0.1) is 5.41 Å². The molecule has 0 heterocycles. The van der Waals surface area contributed by atoms with Gasteiger partial charge in [0.05, 0.1) is 0 Å². The van der Waals surface area contributed by atoms with Gasteiger partial charge in [-0.15, -0.1) is 0 Å². The summed E-state index contributed by atoms with van der Waals surface area (Å²) in [6.07, 6.45) is 0.952. The zero-order valence-corrected chi connectivity index (χ0v) is 12.1. The molecule has 104 valence electrons. The number of nitrogens with one attached hydrogen (secondary N) is 2. The van der Waals surface area contributed by atoms with Crippen molar-refractivity contribution in [3.63, 3.8) is 0 Å². The Hall–Kier alpha value is -2.04. The molecule has 0 aromatic heterocycles. The second-order valence-corrected chi connectivity index (χ2v) is 4.57. The van der Waals surface area contributed by atoms with Crippen molar-refractivity contribution in [1.82, 2.24) is 15.1 Å². The number of hydrogen-bond donors (Lipinski definition) is 2. The molecule has 19 heavy (non-hydrogen) atoms. The maximum Gasteiger partial charge on any atom is 0.200 e. The van der Waals surface area contributed by atoms with Crippen LogP contribution < -0.4 is 5.32 Å². The molecule has 1 aromatic carbocycles. The first kappa shape index (κ1) is 15.0. The number of aliphatic imine (C=N–C) groups is 1. The SMILES string of the molecule is C/N=C(/NC(=N)N(C)C)N(C)CCc1ccccc1. The number of likely N-dealkylation sites (N-methyl/N-ethyl adjacent to an activating group) is 1. The third-order valence-electron chi connectivity index (χ3n) is 2.83. The Kier molecular flexibility index (Phi) is 5.85. The van der Waals surface area contributed by atoms with Gasteiger partial charge >= 0.3 is 0 Å². The number of guanidine groups is 2. The van der Waals surface area contributed by atoms with Crippen molar-refractivity contribution in [1.29, 1.82) is 5.41 Å². The number of rotatable bonds is 3. The highest BCUT2D eigenvalue weighted by Crippen LogP contribution is 2.00. The first-order chi connectivity index (χ1) is 9.04. The zero-order chi connectivity index (χ0) is 14.3. The van der Waals surface area contributed by atoms with Gasteiger partial charge < -0.3 is 9.80 Å². The van der Waals surface area contributed by atoms with Crippen LogP contribution in [0.15, 0.2) is 35.3 Å². The molecule has 1 aromatic rings. The van der Waals surface area contributed by atoms with E-state index >= 15 is 0 Å². The maximum absolute atomic E-state index is 7.77. The lowest BCUT2D eigenvalue weighted by molar-refractivity contribution is 0.489. The summed E-state index contributed by atoms with van der Waals surface area (Å²) in [5, 5.41) is 10.8. The quantitative estimate of drug-likeness (QED) is 0.635. The van der Waals surface area contributed by atoms with Crippen molar-refractivity contribution in [2.24, 2.45) is 4.99 Å². The molecule has 2 N–H and O–H groups in total. The van der Waals surface area contributed by atoms with Gasteiger partial charge in [0, 0.05) is 34.7 Å². The predicted molar refractivity (Wildman–Crippen MR) is 80.7 cm³/mol. The average molecular weight is 261 g/mol. The fourth-order valence-electron chi connectivity index (χ4n) is 1.59. The Balaban J connectivity index is 2.51. The molecular formula is C14H23N5. The fourth-order valence-corrected chi connectivity index (χ4v) is 1.59. The predicted octanol–water partition coefficient (Wildman–Crippen LogP) is 1.23. The maximum atomic E-state index is 7.77. The summed E-state index contributed by atoms with van der Waals surface area (Å²) in [6, 6.07) is 10.3. The summed E-state index contributed by atoms with van der Waals surface area (Å²) in [5.74, 6) is 1.03. The molecule has 0 spiro atoms. The van der Waals surface area contributed by atoms with Crippen LogP contribution in [-0.4, -0.2) is 56.5 Å². The van der Waals surface area contributed by atoms with E-state index in [1.165, 1.54) is 5.56 Å². The van der Waals surface area contributed by atoms with E-state index in [9.17, 15) is 0 Å². The molecule has 0 aliphatic heterocycles. The Labute approximate surface area is 115 Å². The molecule has 0 amide bonds. The summed E-state index contributed by atoms with van der Waals surface area (Å²) < 4.78 is 0. The highest BCUT2D eigenvalue weighted by molar-refractivity contribution is 5.96. The van der Waals surface area contributed by atoms with Crippen molar-refractivity contribution < 1.29 is 0 Å². The molecule has 0 saturated heterocycles. The van der Waals surface area contributed by atoms with Gasteiger partial charge in [0.15, 0.2) is 11.9 Å². The van der Waals surface area contributed by atoms with Crippen LogP contribution in [0.3, 0.4) is 0 Å². The van der Waals surface area contributed by atoms with E-state index in [1.54, 1.807) is 11.9 Å². The number of benzene rings is 1. The van der Waals surface area contributed by atoms with Crippen molar-refractivity contribution in [3.8, 4) is 0 Å². The Bertz CT molecular complexity index is 425. The zero-order valence-electron chi connectivity index (χ0n) is 12.1. The number of hydrogen-bond acceptors (Lipinski definition) is 2. The third-order valence-corrected chi connectivity index (χ3v) is 2.83. The molecule has 0 atom stereocenters. The molecule has 0 bridgehead atoms. The van der Waals surface area contributed by atoms with Crippen molar-refractivity contribution in [3.05, 3.63) is 35.9 Å². The highest BCUT2D eigenvalue weighted by Gasteiger charge is 2.08. The molecule has 5 nitrogen and oxygen atoms in total. The topological polar surface area (TPSA) is 54.7 Å². The standard InChI is InChI=1S/C14H23N5/c1-16-14(17-13(15)18(2)3)19(4)11-10-12-8-6-5-7-9-12/h5-9H,10-11H2,1-4H3,(H2,15,16,17). The van der Waals surface area contributed by atoms with E-state index in [0.29, 0.717) is 11.9 Å². The van der Waals surface area contributed by atoms with Gasteiger partial charge in [0.1, 0.15) is 0 Å². The Morgan fingerprint density at radius 3 is 2.37 bits per heavy atom. The van der Waals surface area contributed by atoms with Gasteiger partial charge in [-0.25, -0.2) is 0 Å². The van der Waals surface area contributed by atoms with E-state index in [1.807, 2.05) is 44.2 Å². The van der Waals surface area contributed by atoms with E-state index in [2.05, 4.69) is 22.4 Å². The molecule has 0 radical (unpaired) electrons. The van der Waals surface area contributed by atoms with Gasteiger partial charge in [-0.3, -0.25) is 15.7 Å². The van der Waals surface area contributed by atoms with Crippen LogP contribution in [0.25, 0.3) is 0 Å². The van der Waals surface area contributed by atoms with Crippen molar-refractivity contribution in [2.45, 2.75) is 6.42 Å². The van der Waals surface area contributed by atoms with E-state index in [-0.39, 0.29) is 0 Å². The lowest BCUT2D eigenvalue weighted by Crippen LogP contribution is -2.47. The largest absolute Gasteiger partial charge is 0.349 e.